The van der Waals surface area contributed by atoms with E-state index in [1.54, 1.807) is 13.0 Å². The Balaban J connectivity index is 1.58. The van der Waals surface area contributed by atoms with Crippen molar-refractivity contribution in [3.8, 4) is 28.6 Å². The van der Waals surface area contributed by atoms with Gasteiger partial charge in [-0.2, -0.15) is 0 Å². The Morgan fingerprint density at radius 3 is 2.40 bits per heavy atom. The monoisotopic (exact) mass is 598 g/mol. The highest BCUT2D eigenvalue weighted by atomic mass is 16.6. The number of carbonyl (C=O) groups excluding carboxylic acids is 1. The summed E-state index contributed by atoms with van der Waals surface area (Å²) >= 11 is 0. The van der Waals surface area contributed by atoms with Gasteiger partial charge in [-0.1, -0.05) is 12.2 Å². The molecule has 7 N–H and O–H groups in total. The smallest absolute Gasteiger partial charge is 0.333 e. The molecule has 6 atom stereocenters. The van der Waals surface area contributed by atoms with Crippen LogP contribution in [0, 0.1) is 0 Å². The number of hydrogen-bond donors (Lipinski definition) is 7. The molecule has 0 radical (unpaired) electrons. The van der Waals surface area contributed by atoms with Crippen LogP contribution in [0.15, 0.2) is 69.9 Å². The molecule has 0 bridgehead atoms. The van der Waals surface area contributed by atoms with Gasteiger partial charge in [0.1, 0.15) is 71.1 Å². The first-order chi connectivity index (χ1) is 20.2. The molecule has 230 valence electrons. The molecule has 1 aliphatic rings. The van der Waals surface area contributed by atoms with Crippen molar-refractivity contribution in [2.24, 2.45) is 0 Å². The fraction of sp³-hybridized carbons (Fsp3) is 0.355. The fourth-order valence-electron chi connectivity index (χ4n) is 4.72. The van der Waals surface area contributed by atoms with Gasteiger partial charge in [0.25, 0.3) is 0 Å². The predicted molar refractivity (Wildman–Crippen MR) is 153 cm³/mol. The summed E-state index contributed by atoms with van der Waals surface area (Å²) in [6, 6.07) is 7.92. The van der Waals surface area contributed by atoms with Crippen LogP contribution in [0.25, 0.3) is 22.3 Å². The first-order valence-corrected chi connectivity index (χ1v) is 13.5. The second-order valence-electron chi connectivity index (χ2n) is 10.7. The summed E-state index contributed by atoms with van der Waals surface area (Å²) in [6.07, 6.45) is -4.86. The van der Waals surface area contributed by atoms with E-state index in [0.717, 1.165) is 12.1 Å². The minimum atomic E-state index is -1.86. The van der Waals surface area contributed by atoms with Crippen molar-refractivity contribution in [2.45, 2.75) is 62.8 Å². The van der Waals surface area contributed by atoms with Crippen molar-refractivity contribution in [1.29, 1.82) is 0 Å². The second kappa shape index (κ2) is 12.6. The molecule has 0 unspecified atom stereocenters. The second-order valence-corrected chi connectivity index (χ2v) is 10.7. The number of ether oxygens (including phenoxy) is 2. The lowest BCUT2D eigenvalue weighted by Crippen LogP contribution is -2.55. The third-order valence-corrected chi connectivity index (χ3v) is 7.40. The molecule has 4 rings (SSSR count). The molecule has 0 amide bonds. The molecule has 2 heterocycles. The maximum absolute atomic E-state index is 13.0. The van der Waals surface area contributed by atoms with Crippen molar-refractivity contribution >= 4 is 16.9 Å². The number of rotatable bonds is 9. The first kappa shape index (κ1) is 31.7. The number of phenols is 3. The molecule has 43 heavy (non-hydrogen) atoms. The summed E-state index contributed by atoms with van der Waals surface area (Å²) < 4.78 is 16.7. The standard InChI is InChI=1S/C31H34O12/c1-4-31(3,40)11-5-6-15(2)30(39)41-14-22-25(35)27(37)28(38)29(43-22)24-19(34)13-21-23(26(24)36)18(33)12-20(42-21)16-7-9-17(32)10-8-16/h4,6-10,12-13,22,25,27-29,32,34-38,40H,1,5,11,14H2,2-3H3/t22-,25+,27+,28+,29+,31+/m1/s1. The van der Waals surface area contributed by atoms with E-state index in [1.165, 1.54) is 37.3 Å². The summed E-state index contributed by atoms with van der Waals surface area (Å²) in [7, 11) is 0. The highest BCUT2D eigenvalue weighted by Crippen LogP contribution is 2.44. The highest BCUT2D eigenvalue weighted by Gasteiger charge is 2.46. The number of aromatic hydroxyl groups is 3. The summed E-state index contributed by atoms with van der Waals surface area (Å²) in [6.45, 7) is 6.05. The van der Waals surface area contributed by atoms with Crippen molar-refractivity contribution in [3.63, 3.8) is 0 Å². The molecule has 1 aromatic heterocycles. The SMILES string of the molecule is C=C[C@](C)(O)CCC=C(C)C(=O)OC[C@H]1O[C@@H](c2c(O)cc3oc(-c4ccc(O)cc4)cc(=O)c3c2O)[C@@H](O)[C@@H](O)[C@H]1O. The Morgan fingerprint density at radius 1 is 1.07 bits per heavy atom. The van der Waals surface area contributed by atoms with Gasteiger partial charge < -0.3 is 49.6 Å². The maximum Gasteiger partial charge on any atom is 0.333 e. The zero-order valence-corrected chi connectivity index (χ0v) is 23.5. The summed E-state index contributed by atoms with van der Waals surface area (Å²) in [5.41, 5.74) is -1.79. The molecule has 1 saturated heterocycles. The Bertz CT molecular complexity index is 1590. The molecule has 12 heteroatoms. The lowest BCUT2D eigenvalue weighted by molar-refractivity contribution is -0.234. The van der Waals surface area contributed by atoms with Gasteiger partial charge in [0.15, 0.2) is 5.43 Å². The predicted octanol–water partition coefficient (Wildman–Crippen LogP) is 2.31. The molecule has 12 nitrogen and oxygen atoms in total. The van der Waals surface area contributed by atoms with E-state index in [2.05, 4.69) is 6.58 Å². The molecule has 2 aromatic carbocycles. The van der Waals surface area contributed by atoms with Crippen LogP contribution < -0.4 is 5.43 Å². The van der Waals surface area contributed by atoms with Crippen LogP contribution in [0.4, 0.5) is 0 Å². The minimum Gasteiger partial charge on any atom is -0.508 e. The molecule has 1 fully saturated rings. The van der Waals surface area contributed by atoms with E-state index < -0.39 is 71.2 Å². The number of benzene rings is 2. The molecule has 3 aromatic rings. The lowest BCUT2D eigenvalue weighted by atomic mass is 9.89. The Morgan fingerprint density at radius 2 is 1.74 bits per heavy atom. The molecule has 1 aliphatic heterocycles. The fourth-order valence-corrected chi connectivity index (χ4v) is 4.72. The summed E-state index contributed by atoms with van der Waals surface area (Å²) in [5.74, 6) is -2.09. The van der Waals surface area contributed by atoms with Gasteiger partial charge in [-0.3, -0.25) is 4.79 Å². The Hall–Kier alpha value is -4.20. The first-order valence-electron chi connectivity index (χ1n) is 13.5. The van der Waals surface area contributed by atoms with Crippen LogP contribution in [0.1, 0.15) is 38.4 Å². The van der Waals surface area contributed by atoms with Crippen LogP contribution >= 0.6 is 0 Å². The van der Waals surface area contributed by atoms with Gasteiger partial charge in [0, 0.05) is 23.3 Å². The number of esters is 1. The highest BCUT2D eigenvalue weighted by molar-refractivity contribution is 5.88. The van der Waals surface area contributed by atoms with Gasteiger partial charge in [-0.05, 0) is 51.0 Å². The van der Waals surface area contributed by atoms with Gasteiger partial charge in [-0.15, -0.1) is 6.58 Å². The number of aliphatic hydroxyl groups is 4. The number of carbonyl (C=O) groups is 1. The van der Waals surface area contributed by atoms with E-state index in [-0.39, 0.29) is 28.1 Å². The zero-order valence-electron chi connectivity index (χ0n) is 23.5. The quantitative estimate of drug-likeness (QED) is 0.108. The minimum absolute atomic E-state index is 0.000664. The third-order valence-electron chi connectivity index (χ3n) is 7.40. The van der Waals surface area contributed by atoms with Gasteiger partial charge in [0.2, 0.25) is 0 Å². The number of phenolic OH excluding ortho intramolecular Hbond substituents is 3. The van der Waals surface area contributed by atoms with Crippen LogP contribution in [-0.2, 0) is 14.3 Å². The average Bonchev–Trinajstić information content (AvgIpc) is 2.96. The van der Waals surface area contributed by atoms with Gasteiger partial charge in [-0.25, -0.2) is 4.79 Å². The lowest BCUT2D eigenvalue weighted by Gasteiger charge is -2.40. The maximum atomic E-state index is 13.0. The van der Waals surface area contributed by atoms with Crippen molar-refractivity contribution < 1.29 is 54.4 Å². The third kappa shape index (κ3) is 6.74. The van der Waals surface area contributed by atoms with Crippen LogP contribution in [0.3, 0.4) is 0 Å². The van der Waals surface area contributed by atoms with Gasteiger partial charge in [0.05, 0.1) is 11.2 Å². The summed E-state index contributed by atoms with van der Waals surface area (Å²) in [5, 5.41) is 72.8. The van der Waals surface area contributed by atoms with Crippen molar-refractivity contribution in [3.05, 3.63) is 76.5 Å². The topological polar surface area (TPSA) is 207 Å². The Labute approximate surface area is 246 Å². The molecular formula is C31H34O12. The Kier molecular flexibility index (Phi) is 9.28. The number of hydrogen-bond acceptors (Lipinski definition) is 12. The van der Waals surface area contributed by atoms with E-state index in [9.17, 15) is 45.3 Å². The largest absolute Gasteiger partial charge is 0.508 e. The van der Waals surface area contributed by atoms with E-state index >= 15 is 0 Å². The van der Waals surface area contributed by atoms with Crippen molar-refractivity contribution in [2.75, 3.05) is 6.61 Å². The van der Waals surface area contributed by atoms with E-state index in [4.69, 9.17) is 13.9 Å². The van der Waals surface area contributed by atoms with Crippen LogP contribution in [0.5, 0.6) is 17.2 Å². The number of aliphatic hydroxyl groups excluding tert-OH is 3. The van der Waals surface area contributed by atoms with Crippen molar-refractivity contribution in [1.82, 2.24) is 0 Å². The van der Waals surface area contributed by atoms with Gasteiger partial charge >= 0.3 is 5.97 Å². The summed E-state index contributed by atoms with van der Waals surface area (Å²) in [4.78, 5) is 25.5. The van der Waals surface area contributed by atoms with E-state index in [1.807, 2.05) is 0 Å². The normalized spacial score (nSPS) is 24.0. The molecular weight excluding hydrogens is 564 g/mol. The number of allylic oxidation sites excluding steroid dienone is 1. The van der Waals surface area contributed by atoms with Crippen LogP contribution in [0.2, 0.25) is 0 Å². The number of fused-ring (bicyclic) bond motifs is 1. The van der Waals surface area contributed by atoms with Crippen LogP contribution in [-0.4, -0.2) is 78.3 Å². The zero-order chi connectivity index (χ0) is 31.6. The molecule has 0 spiro atoms. The molecule has 0 aliphatic carbocycles. The van der Waals surface area contributed by atoms with E-state index in [0.29, 0.717) is 18.4 Å². The molecule has 0 saturated carbocycles. The average molecular weight is 599 g/mol.